The summed E-state index contributed by atoms with van der Waals surface area (Å²) >= 11 is 6.47. The standard InChI is InChI=1S/C27H32ClN3O2S.CO2/c1-4-8-21-11-7-16-31(17-21)24-12-6-13-25(30-24)34(32,33)18-22-14-15-23(28)27(29-22)26-19(2)9-5-10-20(26)3;2-1-3/h5-6,9-10,12-15,21H,4,7-8,11,16-18H2,1-3H3;. The molecule has 0 N–H and O–H groups in total. The smallest absolute Gasteiger partial charge is 0.356 e. The number of nitrogens with zero attached hydrogens (tertiary/aromatic N) is 3. The van der Waals surface area contributed by atoms with E-state index in [2.05, 4.69) is 21.8 Å². The molecule has 1 aliphatic heterocycles. The highest BCUT2D eigenvalue weighted by molar-refractivity contribution is 7.90. The van der Waals surface area contributed by atoms with Crippen molar-refractivity contribution in [2.75, 3.05) is 18.0 Å². The third-order valence-electron chi connectivity index (χ3n) is 6.53. The van der Waals surface area contributed by atoms with Gasteiger partial charge in [0.2, 0.25) is 9.84 Å². The van der Waals surface area contributed by atoms with Crippen molar-refractivity contribution in [1.82, 2.24) is 9.97 Å². The van der Waals surface area contributed by atoms with E-state index in [-0.39, 0.29) is 16.9 Å². The number of hydrogen-bond donors (Lipinski definition) is 0. The van der Waals surface area contributed by atoms with Gasteiger partial charge in [-0.05, 0) is 74.4 Å². The number of anilines is 1. The van der Waals surface area contributed by atoms with Crippen LogP contribution < -0.4 is 4.90 Å². The van der Waals surface area contributed by atoms with Crippen LogP contribution in [0.1, 0.15) is 49.4 Å². The van der Waals surface area contributed by atoms with Gasteiger partial charge in [0.25, 0.3) is 0 Å². The molecule has 0 amide bonds. The zero-order valence-electron chi connectivity index (χ0n) is 21.4. The number of sulfone groups is 1. The highest BCUT2D eigenvalue weighted by Gasteiger charge is 2.24. The van der Waals surface area contributed by atoms with Gasteiger partial charge < -0.3 is 4.90 Å². The molecular formula is C28H32ClN3O4S. The second-order valence-electron chi connectivity index (χ2n) is 9.32. The Bertz CT molecular complexity index is 1350. The Kier molecular flexibility index (Phi) is 9.98. The number of aromatic nitrogens is 2. The summed E-state index contributed by atoms with van der Waals surface area (Å²) in [5.74, 6) is 1.15. The average molecular weight is 542 g/mol. The lowest BCUT2D eigenvalue weighted by atomic mass is 9.94. The maximum atomic E-state index is 13.3. The average Bonchev–Trinajstić information content (AvgIpc) is 2.87. The molecule has 37 heavy (non-hydrogen) atoms. The molecule has 9 heteroatoms. The molecule has 1 aromatic carbocycles. The normalized spacial score (nSPS) is 15.5. The van der Waals surface area contributed by atoms with Gasteiger partial charge in [0.15, 0.2) is 5.03 Å². The Hall–Kier alpha value is -3.06. The summed E-state index contributed by atoms with van der Waals surface area (Å²) in [4.78, 5) is 27.7. The van der Waals surface area contributed by atoms with Crippen LogP contribution in [0.15, 0.2) is 53.6 Å². The molecule has 196 valence electrons. The first-order valence-corrected chi connectivity index (χ1v) is 14.4. The van der Waals surface area contributed by atoms with Crippen LogP contribution in [0.25, 0.3) is 11.3 Å². The van der Waals surface area contributed by atoms with Gasteiger partial charge in [0.05, 0.1) is 22.2 Å². The summed E-state index contributed by atoms with van der Waals surface area (Å²) in [6, 6.07) is 14.7. The summed E-state index contributed by atoms with van der Waals surface area (Å²) in [6.45, 7) is 8.06. The maximum Gasteiger partial charge on any atom is 0.373 e. The van der Waals surface area contributed by atoms with E-state index in [0.29, 0.717) is 22.3 Å². The molecule has 0 saturated carbocycles. The fourth-order valence-electron chi connectivity index (χ4n) is 4.87. The van der Waals surface area contributed by atoms with Crippen LogP contribution in [-0.4, -0.2) is 37.6 Å². The number of hydrogen-bond acceptors (Lipinski definition) is 7. The van der Waals surface area contributed by atoms with Crippen LogP contribution >= 0.6 is 11.6 Å². The van der Waals surface area contributed by atoms with E-state index < -0.39 is 9.84 Å². The molecule has 4 rings (SSSR count). The van der Waals surface area contributed by atoms with Crippen LogP contribution in [0.4, 0.5) is 5.82 Å². The maximum absolute atomic E-state index is 13.3. The Morgan fingerprint density at radius 3 is 2.38 bits per heavy atom. The minimum Gasteiger partial charge on any atom is -0.356 e. The topological polar surface area (TPSA) is 97.3 Å². The number of benzene rings is 1. The first-order chi connectivity index (χ1) is 17.7. The molecule has 0 bridgehead atoms. The highest BCUT2D eigenvalue weighted by Crippen LogP contribution is 2.32. The van der Waals surface area contributed by atoms with Crippen molar-refractivity contribution >= 4 is 33.4 Å². The quantitative estimate of drug-likeness (QED) is 0.371. The largest absolute Gasteiger partial charge is 0.373 e. The van der Waals surface area contributed by atoms with Crippen molar-refractivity contribution in [3.63, 3.8) is 0 Å². The first kappa shape index (κ1) is 28.5. The second-order valence-corrected chi connectivity index (χ2v) is 11.7. The van der Waals surface area contributed by atoms with E-state index in [1.165, 1.54) is 19.3 Å². The zero-order chi connectivity index (χ0) is 27.0. The van der Waals surface area contributed by atoms with Crippen molar-refractivity contribution in [2.45, 2.75) is 57.2 Å². The lowest BCUT2D eigenvalue weighted by Crippen LogP contribution is -2.36. The third kappa shape index (κ3) is 7.25. The first-order valence-electron chi connectivity index (χ1n) is 12.4. The zero-order valence-corrected chi connectivity index (χ0v) is 23.0. The summed E-state index contributed by atoms with van der Waals surface area (Å²) < 4.78 is 26.6. The van der Waals surface area contributed by atoms with Crippen LogP contribution in [-0.2, 0) is 25.2 Å². The molecule has 0 spiro atoms. The van der Waals surface area contributed by atoms with Crippen molar-refractivity contribution in [3.8, 4) is 11.3 Å². The Balaban J connectivity index is 0.00000121. The Morgan fingerprint density at radius 2 is 1.70 bits per heavy atom. The number of halogens is 1. The number of rotatable bonds is 7. The molecule has 1 unspecified atom stereocenters. The number of carbonyl (C=O) groups excluding carboxylic acids is 2. The van der Waals surface area contributed by atoms with Crippen molar-refractivity contribution in [2.24, 2.45) is 5.92 Å². The minimum absolute atomic E-state index is 0.0907. The van der Waals surface area contributed by atoms with E-state index in [1.807, 2.05) is 38.1 Å². The fraction of sp³-hybridized carbons (Fsp3) is 0.393. The van der Waals surface area contributed by atoms with E-state index in [1.54, 1.807) is 24.3 Å². The lowest BCUT2D eigenvalue weighted by molar-refractivity contribution is -0.191. The van der Waals surface area contributed by atoms with Gasteiger partial charge in [-0.25, -0.2) is 13.4 Å². The van der Waals surface area contributed by atoms with Crippen LogP contribution in [0.3, 0.4) is 0 Å². The SMILES string of the molecule is CCCC1CCCN(c2cccc(S(=O)(=O)Cc3ccc(Cl)c(-c4c(C)cccc4C)n3)n2)C1.O=C=O. The summed E-state index contributed by atoms with van der Waals surface area (Å²) in [5.41, 5.74) is 4.11. The molecule has 7 nitrogen and oxygen atoms in total. The van der Waals surface area contributed by atoms with Gasteiger partial charge in [0, 0.05) is 18.7 Å². The van der Waals surface area contributed by atoms with Gasteiger partial charge in [-0.15, -0.1) is 0 Å². The van der Waals surface area contributed by atoms with Gasteiger partial charge in [-0.2, -0.15) is 9.59 Å². The van der Waals surface area contributed by atoms with E-state index >= 15 is 0 Å². The molecule has 1 atom stereocenters. The van der Waals surface area contributed by atoms with E-state index in [4.69, 9.17) is 21.2 Å². The van der Waals surface area contributed by atoms with Gasteiger partial charge in [-0.3, -0.25) is 4.98 Å². The van der Waals surface area contributed by atoms with Crippen molar-refractivity contribution in [1.29, 1.82) is 0 Å². The van der Waals surface area contributed by atoms with Crippen LogP contribution in [0, 0.1) is 19.8 Å². The summed E-state index contributed by atoms with van der Waals surface area (Å²) in [6.07, 6.45) is 4.95. The molecular weight excluding hydrogens is 510 g/mol. The number of aryl methyl sites for hydroxylation is 2. The van der Waals surface area contributed by atoms with Crippen LogP contribution in [0.5, 0.6) is 0 Å². The lowest BCUT2D eigenvalue weighted by Gasteiger charge is -2.33. The summed E-state index contributed by atoms with van der Waals surface area (Å²) in [7, 11) is -3.67. The molecule has 1 aliphatic rings. The number of pyridine rings is 2. The Morgan fingerprint density at radius 1 is 1.03 bits per heavy atom. The van der Waals surface area contributed by atoms with E-state index in [9.17, 15) is 8.42 Å². The monoisotopic (exact) mass is 541 g/mol. The predicted octanol–water partition coefficient (Wildman–Crippen LogP) is 5.82. The second kappa shape index (κ2) is 13.0. The van der Waals surface area contributed by atoms with Gasteiger partial charge in [0.1, 0.15) is 5.82 Å². The van der Waals surface area contributed by atoms with Crippen LogP contribution in [0.2, 0.25) is 5.02 Å². The van der Waals surface area contributed by atoms with Gasteiger partial charge in [-0.1, -0.05) is 49.2 Å². The van der Waals surface area contributed by atoms with Gasteiger partial charge >= 0.3 is 6.15 Å². The van der Waals surface area contributed by atoms with Crippen molar-refractivity contribution in [3.05, 3.63) is 70.4 Å². The molecule has 1 fully saturated rings. The number of piperidine rings is 1. The summed E-state index contributed by atoms with van der Waals surface area (Å²) in [5, 5.41) is 0.596. The fourth-order valence-corrected chi connectivity index (χ4v) is 6.28. The molecule has 3 heterocycles. The van der Waals surface area contributed by atoms with Crippen molar-refractivity contribution < 1.29 is 18.0 Å². The molecule has 0 aliphatic carbocycles. The van der Waals surface area contributed by atoms with E-state index in [0.717, 1.165) is 42.0 Å². The third-order valence-corrected chi connectivity index (χ3v) is 8.37. The Labute approximate surface area is 223 Å². The molecule has 1 saturated heterocycles. The molecule has 3 aromatic rings. The minimum atomic E-state index is -3.67. The predicted molar refractivity (Wildman–Crippen MR) is 144 cm³/mol. The highest BCUT2D eigenvalue weighted by atomic mass is 35.5. The molecule has 2 aromatic heterocycles. The molecule has 0 radical (unpaired) electrons.